The van der Waals surface area contributed by atoms with Crippen LogP contribution in [0.4, 0.5) is 0 Å². The molecule has 0 saturated carbocycles. The molecule has 4 heterocycles. The average molecular weight is 343 g/mol. The van der Waals surface area contributed by atoms with Crippen LogP contribution in [0.25, 0.3) is 0 Å². The molecular weight excluding hydrogens is 318 g/mol. The van der Waals surface area contributed by atoms with E-state index in [9.17, 15) is 4.79 Å². The maximum absolute atomic E-state index is 12.6. The molecule has 2 aliphatic rings. The number of imidazole rings is 1. The molecule has 2 aromatic heterocycles. The van der Waals surface area contributed by atoms with Gasteiger partial charge in [-0.2, -0.15) is 0 Å². The van der Waals surface area contributed by atoms with Gasteiger partial charge in [-0.1, -0.05) is 0 Å². The second kappa shape index (κ2) is 6.65. The van der Waals surface area contributed by atoms with E-state index in [-0.39, 0.29) is 5.91 Å². The molecule has 25 heavy (non-hydrogen) atoms. The minimum atomic E-state index is -0.0528. The summed E-state index contributed by atoms with van der Waals surface area (Å²) in [6, 6.07) is 3.57. The molecule has 0 N–H and O–H groups in total. The predicted octanol–water partition coefficient (Wildman–Crippen LogP) is 1.19. The molecule has 0 aromatic carbocycles. The standard InChI is InChI=1S/C18H25N5O2/c1-14-3-4-16(25-14)18(24)22-9-10-23-15(11-19-17(23)13-22)12-21-7-5-20(2)6-8-21/h3-4,11H,5-10,12-13H2,1-2H3. The van der Waals surface area contributed by atoms with Crippen LogP contribution in [0, 0.1) is 6.92 Å². The van der Waals surface area contributed by atoms with Gasteiger partial charge in [-0.15, -0.1) is 0 Å². The molecule has 1 fully saturated rings. The Bertz CT molecular complexity index is 757. The number of piperazine rings is 1. The first kappa shape index (κ1) is 16.4. The van der Waals surface area contributed by atoms with Gasteiger partial charge in [0.25, 0.3) is 5.91 Å². The highest BCUT2D eigenvalue weighted by molar-refractivity contribution is 5.91. The normalized spacial score (nSPS) is 19.2. The van der Waals surface area contributed by atoms with E-state index in [0.29, 0.717) is 18.8 Å². The first-order valence-corrected chi connectivity index (χ1v) is 8.90. The molecule has 0 unspecified atom stereocenters. The lowest BCUT2D eigenvalue weighted by atomic mass is 10.3. The minimum absolute atomic E-state index is 0.0528. The third kappa shape index (κ3) is 3.34. The van der Waals surface area contributed by atoms with Crippen LogP contribution in [0.3, 0.4) is 0 Å². The number of rotatable bonds is 3. The van der Waals surface area contributed by atoms with Crippen molar-refractivity contribution in [3.63, 3.8) is 0 Å². The number of carbonyl (C=O) groups is 1. The molecule has 7 heteroatoms. The Hall–Kier alpha value is -2.12. The number of carbonyl (C=O) groups excluding carboxylic acids is 1. The quantitative estimate of drug-likeness (QED) is 0.838. The Morgan fingerprint density at radius 1 is 1.16 bits per heavy atom. The lowest BCUT2D eigenvalue weighted by molar-refractivity contribution is 0.0671. The summed E-state index contributed by atoms with van der Waals surface area (Å²) in [5.41, 5.74) is 1.25. The number of aryl methyl sites for hydroxylation is 1. The van der Waals surface area contributed by atoms with Gasteiger partial charge in [0.1, 0.15) is 11.6 Å². The number of fused-ring (bicyclic) bond motifs is 1. The second-order valence-electron chi connectivity index (χ2n) is 7.03. The molecule has 0 bridgehead atoms. The molecule has 0 aliphatic carbocycles. The van der Waals surface area contributed by atoms with E-state index in [2.05, 4.69) is 26.4 Å². The maximum Gasteiger partial charge on any atom is 0.290 e. The van der Waals surface area contributed by atoms with Crippen LogP contribution >= 0.6 is 0 Å². The van der Waals surface area contributed by atoms with E-state index >= 15 is 0 Å². The number of amides is 1. The summed E-state index contributed by atoms with van der Waals surface area (Å²) in [5, 5.41) is 0. The topological polar surface area (TPSA) is 57.8 Å². The number of hydrogen-bond donors (Lipinski definition) is 0. The van der Waals surface area contributed by atoms with Gasteiger partial charge < -0.3 is 18.8 Å². The van der Waals surface area contributed by atoms with Gasteiger partial charge in [0.2, 0.25) is 0 Å². The number of hydrogen-bond acceptors (Lipinski definition) is 5. The number of nitrogens with zero attached hydrogens (tertiary/aromatic N) is 5. The molecule has 2 aromatic rings. The van der Waals surface area contributed by atoms with E-state index in [0.717, 1.165) is 50.9 Å². The highest BCUT2D eigenvalue weighted by Gasteiger charge is 2.26. The van der Waals surface area contributed by atoms with Crippen molar-refractivity contribution in [2.24, 2.45) is 0 Å². The molecule has 0 spiro atoms. The van der Waals surface area contributed by atoms with Crippen LogP contribution in [-0.4, -0.2) is 69.9 Å². The fraction of sp³-hybridized carbons (Fsp3) is 0.556. The second-order valence-corrected chi connectivity index (χ2v) is 7.03. The van der Waals surface area contributed by atoms with E-state index in [1.165, 1.54) is 5.69 Å². The van der Waals surface area contributed by atoms with Crippen molar-refractivity contribution in [1.82, 2.24) is 24.3 Å². The summed E-state index contributed by atoms with van der Waals surface area (Å²) in [6.45, 7) is 9.25. The first-order valence-electron chi connectivity index (χ1n) is 8.90. The zero-order valence-corrected chi connectivity index (χ0v) is 14.9. The fourth-order valence-electron chi connectivity index (χ4n) is 3.56. The third-order valence-corrected chi connectivity index (χ3v) is 5.17. The summed E-state index contributed by atoms with van der Waals surface area (Å²) in [5.74, 6) is 2.08. The zero-order valence-electron chi connectivity index (χ0n) is 14.9. The smallest absolute Gasteiger partial charge is 0.290 e. The summed E-state index contributed by atoms with van der Waals surface area (Å²) in [7, 11) is 2.17. The van der Waals surface area contributed by atoms with Crippen molar-refractivity contribution in [3.05, 3.63) is 41.4 Å². The van der Waals surface area contributed by atoms with Crippen molar-refractivity contribution in [1.29, 1.82) is 0 Å². The van der Waals surface area contributed by atoms with Crippen molar-refractivity contribution < 1.29 is 9.21 Å². The Balaban J connectivity index is 1.43. The molecule has 134 valence electrons. The van der Waals surface area contributed by atoms with Gasteiger partial charge in [0.05, 0.1) is 12.2 Å². The molecule has 2 aliphatic heterocycles. The van der Waals surface area contributed by atoms with Gasteiger partial charge in [-0.3, -0.25) is 9.69 Å². The zero-order chi connectivity index (χ0) is 17.4. The molecule has 0 radical (unpaired) electrons. The average Bonchev–Trinajstić information content (AvgIpc) is 3.22. The third-order valence-electron chi connectivity index (χ3n) is 5.17. The number of furan rings is 1. The van der Waals surface area contributed by atoms with E-state index < -0.39 is 0 Å². The highest BCUT2D eigenvalue weighted by Crippen LogP contribution is 2.19. The first-order chi connectivity index (χ1) is 12.1. The van der Waals surface area contributed by atoms with Gasteiger partial charge in [-0.25, -0.2) is 4.98 Å². The van der Waals surface area contributed by atoms with Gasteiger partial charge >= 0.3 is 0 Å². The van der Waals surface area contributed by atoms with Crippen LogP contribution in [0.15, 0.2) is 22.7 Å². The summed E-state index contributed by atoms with van der Waals surface area (Å²) < 4.78 is 7.75. The fourth-order valence-corrected chi connectivity index (χ4v) is 3.56. The van der Waals surface area contributed by atoms with E-state index in [1.807, 2.05) is 24.1 Å². The van der Waals surface area contributed by atoms with Crippen LogP contribution in [0.5, 0.6) is 0 Å². The van der Waals surface area contributed by atoms with Crippen LogP contribution in [0.1, 0.15) is 27.8 Å². The number of aromatic nitrogens is 2. The highest BCUT2D eigenvalue weighted by atomic mass is 16.3. The monoisotopic (exact) mass is 343 g/mol. The van der Waals surface area contributed by atoms with E-state index in [1.54, 1.807) is 6.07 Å². The predicted molar refractivity (Wildman–Crippen MR) is 93.2 cm³/mol. The summed E-state index contributed by atoms with van der Waals surface area (Å²) >= 11 is 0. The Labute approximate surface area is 147 Å². The molecular formula is C18H25N5O2. The lowest BCUT2D eigenvalue weighted by Crippen LogP contribution is -2.44. The SMILES string of the molecule is Cc1ccc(C(=O)N2CCn3c(CN4CCN(C)CC4)cnc3C2)o1. The van der Waals surface area contributed by atoms with Gasteiger partial charge in [-0.05, 0) is 26.1 Å². The Morgan fingerprint density at radius 3 is 2.68 bits per heavy atom. The molecule has 0 atom stereocenters. The van der Waals surface area contributed by atoms with Gasteiger partial charge in [0.15, 0.2) is 5.76 Å². The maximum atomic E-state index is 12.6. The Kier molecular flexibility index (Phi) is 4.35. The molecule has 1 saturated heterocycles. The molecule has 7 nitrogen and oxygen atoms in total. The Morgan fingerprint density at radius 2 is 1.96 bits per heavy atom. The van der Waals surface area contributed by atoms with Crippen LogP contribution < -0.4 is 0 Å². The van der Waals surface area contributed by atoms with Crippen molar-refractivity contribution in [3.8, 4) is 0 Å². The van der Waals surface area contributed by atoms with Gasteiger partial charge in [0, 0.05) is 52.0 Å². The lowest BCUT2D eigenvalue weighted by Gasteiger charge is -2.33. The van der Waals surface area contributed by atoms with Crippen LogP contribution in [-0.2, 0) is 19.6 Å². The van der Waals surface area contributed by atoms with Crippen molar-refractivity contribution in [2.45, 2.75) is 26.6 Å². The molecule has 4 rings (SSSR count). The summed E-state index contributed by atoms with van der Waals surface area (Å²) in [4.78, 5) is 23.8. The number of likely N-dealkylation sites (N-methyl/N-ethyl adjacent to an activating group) is 1. The van der Waals surface area contributed by atoms with Crippen molar-refractivity contribution >= 4 is 5.91 Å². The van der Waals surface area contributed by atoms with Crippen molar-refractivity contribution in [2.75, 3.05) is 39.8 Å². The molecule has 1 amide bonds. The summed E-state index contributed by atoms with van der Waals surface area (Å²) in [6.07, 6.45) is 1.97. The van der Waals surface area contributed by atoms with E-state index in [4.69, 9.17) is 4.42 Å². The minimum Gasteiger partial charge on any atom is -0.456 e. The van der Waals surface area contributed by atoms with Crippen LogP contribution in [0.2, 0.25) is 0 Å². The largest absolute Gasteiger partial charge is 0.456 e.